The van der Waals surface area contributed by atoms with Crippen molar-refractivity contribution in [1.82, 2.24) is 14.9 Å². The van der Waals surface area contributed by atoms with Crippen molar-refractivity contribution in [3.63, 3.8) is 0 Å². The molecule has 2 aromatic carbocycles. The van der Waals surface area contributed by atoms with Crippen LogP contribution in [0, 0.1) is 0 Å². The first-order chi connectivity index (χ1) is 21.8. The molecule has 14 heteroatoms. The number of hydrogen-bond acceptors (Lipinski definition) is 8. The van der Waals surface area contributed by atoms with Crippen LogP contribution in [0.5, 0.6) is 0 Å². The molecule has 0 bridgehead atoms. The van der Waals surface area contributed by atoms with Crippen LogP contribution < -0.4 is 27.0 Å². The predicted octanol–water partition coefficient (Wildman–Crippen LogP) is 4.52. The minimum Gasteiger partial charge on any atom is -0.444 e. The second-order valence-electron chi connectivity index (χ2n) is 11.7. The Balaban J connectivity index is 1.21. The first-order valence-corrected chi connectivity index (χ1v) is 14.7. The Hall–Kier alpha value is -5.11. The molecule has 1 fully saturated rings. The van der Waals surface area contributed by atoms with Gasteiger partial charge in [0.05, 0.1) is 17.5 Å². The summed E-state index contributed by atoms with van der Waals surface area (Å²) in [6.07, 6.45) is -2.16. The van der Waals surface area contributed by atoms with Gasteiger partial charge in [-0.15, -0.1) is 0 Å². The third-order valence-corrected chi connectivity index (χ3v) is 6.71. The van der Waals surface area contributed by atoms with Gasteiger partial charge in [-0.2, -0.15) is 4.98 Å². The molecule has 3 unspecified atom stereocenters. The molecule has 1 saturated heterocycles. The molecule has 1 aliphatic rings. The van der Waals surface area contributed by atoms with Crippen LogP contribution >= 0.6 is 0 Å². The number of nitrogens with zero attached hydrogens (tertiary/aromatic N) is 2. The fourth-order valence-electron chi connectivity index (χ4n) is 4.53. The normalized spacial score (nSPS) is 17.5. The fraction of sp³-hybridized carbons (Fsp3) is 0.375. The number of hydrogen-bond donors (Lipinski definition) is 4. The summed E-state index contributed by atoms with van der Waals surface area (Å²) in [4.78, 5) is 65.8. The number of para-hydroxylation sites is 2. The Bertz CT molecular complexity index is 1640. The van der Waals surface area contributed by atoms with Crippen molar-refractivity contribution in [2.75, 3.05) is 16.0 Å². The summed E-state index contributed by atoms with van der Waals surface area (Å²) in [6, 6.07) is 14.7. The summed E-state index contributed by atoms with van der Waals surface area (Å²) in [5.74, 6) is -1.32. The Morgan fingerprint density at radius 2 is 1.61 bits per heavy atom. The fourth-order valence-corrected chi connectivity index (χ4v) is 4.53. The van der Waals surface area contributed by atoms with E-state index in [0.717, 1.165) is 10.1 Å². The van der Waals surface area contributed by atoms with Gasteiger partial charge < -0.3 is 25.4 Å². The van der Waals surface area contributed by atoms with Gasteiger partial charge in [-0.25, -0.2) is 14.0 Å². The SMILES string of the molecule is CC1CC(F)C(n2ccc(NC(=O)CCC(=O)NCc3ccc(C(=O)Nc4ccccc4NC(=O)OC(C)(C)C)cc3)nc2=O)O1. The molecule has 13 nitrogen and oxygen atoms in total. The van der Waals surface area contributed by atoms with Gasteiger partial charge in [0.2, 0.25) is 11.8 Å². The van der Waals surface area contributed by atoms with Crippen LogP contribution in [0.25, 0.3) is 0 Å². The molecule has 0 saturated carbocycles. The lowest BCUT2D eigenvalue weighted by atomic mass is 10.1. The number of benzene rings is 2. The minimum absolute atomic E-state index is 0.0139. The largest absolute Gasteiger partial charge is 0.444 e. The van der Waals surface area contributed by atoms with Crippen molar-refractivity contribution in [3.05, 3.63) is 82.4 Å². The maximum Gasteiger partial charge on any atom is 0.412 e. The van der Waals surface area contributed by atoms with E-state index in [-0.39, 0.29) is 43.6 Å². The highest BCUT2D eigenvalue weighted by atomic mass is 19.1. The van der Waals surface area contributed by atoms with Crippen LogP contribution in [0.3, 0.4) is 0 Å². The Kier molecular flexibility index (Phi) is 10.9. The van der Waals surface area contributed by atoms with E-state index in [1.165, 1.54) is 12.3 Å². The van der Waals surface area contributed by atoms with E-state index in [2.05, 4.69) is 26.3 Å². The second-order valence-corrected chi connectivity index (χ2v) is 11.7. The van der Waals surface area contributed by atoms with Gasteiger partial charge in [0.15, 0.2) is 6.23 Å². The van der Waals surface area contributed by atoms with Gasteiger partial charge in [0.25, 0.3) is 5.91 Å². The monoisotopic (exact) mass is 636 g/mol. The molecule has 3 atom stereocenters. The average molecular weight is 637 g/mol. The molecule has 0 radical (unpaired) electrons. The van der Waals surface area contributed by atoms with Gasteiger partial charge in [-0.05, 0) is 63.6 Å². The van der Waals surface area contributed by atoms with Crippen LogP contribution in [0.1, 0.15) is 69.1 Å². The van der Waals surface area contributed by atoms with Gasteiger partial charge in [-0.1, -0.05) is 24.3 Å². The molecule has 0 spiro atoms. The number of carbonyl (C=O) groups is 4. The summed E-state index contributed by atoms with van der Waals surface area (Å²) in [7, 11) is 0. The van der Waals surface area contributed by atoms with E-state index in [4.69, 9.17) is 9.47 Å². The second kappa shape index (κ2) is 14.8. The van der Waals surface area contributed by atoms with E-state index in [1.54, 1.807) is 76.2 Å². The molecule has 1 aliphatic heterocycles. The number of halogens is 1. The molecule has 1 aromatic heterocycles. The number of anilines is 3. The summed E-state index contributed by atoms with van der Waals surface area (Å²) < 4.78 is 25.9. The molecule has 46 heavy (non-hydrogen) atoms. The molecule has 3 aromatic rings. The highest BCUT2D eigenvalue weighted by Crippen LogP contribution is 2.30. The first kappa shape index (κ1) is 33.8. The van der Waals surface area contributed by atoms with Crippen LogP contribution in [0.2, 0.25) is 0 Å². The van der Waals surface area contributed by atoms with Gasteiger partial charge in [0, 0.05) is 37.6 Å². The van der Waals surface area contributed by atoms with E-state index in [0.29, 0.717) is 16.9 Å². The quantitative estimate of drug-likeness (QED) is 0.252. The lowest BCUT2D eigenvalue weighted by Gasteiger charge is -2.20. The first-order valence-electron chi connectivity index (χ1n) is 14.7. The molecule has 4 amide bonds. The van der Waals surface area contributed by atoms with Crippen molar-refractivity contribution < 1.29 is 33.0 Å². The summed E-state index contributed by atoms with van der Waals surface area (Å²) in [5.41, 5.74) is 0.405. The minimum atomic E-state index is -1.34. The zero-order chi connectivity index (χ0) is 33.4. The van der Waals surface area contributed by atoms with E-state index in [9.17, 15) is 28.4 Å². The van der Waals surface area contributed by atoms with E-state index in [1.807, 2.05) is 0 Å². The zero-order valence-corrected chi connectivity index (χ0v) is 26.0. The summed E-state index contributed by atoms with van der Waals surface area (Å²) >= 11 is 0. The van der Waals surface area contributed by atoms with Crippen molar-refractivity contribution >= 4 is 41.0 Å². The van der Waals surface area contributed by atoms with Crippen molar-refractivity contribution in [1.29, 1.82) is 0 Å². The Morgan fingerprint density at radius 3 is 2.22 bits per heavy atom. The van der Waals surface area contributed by atoms with E-state index >= 15 is 0 Å². The standard InChI is InChI=1S/C32H37FN6O7/c1-19-17-22(33)29(45-19)39-16-15-25(38-30(39)43)37-27(41)14-13-26(40)34-18-20-9-11-21(12-10-20)28(42)35-23-7-5-6-8-24(23)36-31(44)46-32(2,3)4/h5-12,15-16,19,22,29H,13-14,17-18H2,1-4H3,(H,34,40)(H,35,42)(H,36,44)(H,37,38,41,43). The number of nitrogens with one attached hydrogen (secondary N) is 4. The van der Waals surface area contributed by atoms with Gasteiger partial charge in [0.1, 0.15) is 17.6 Å². The van der Waals surface area contributed by atoms with Gasteiger partial charge in [-0.3, -0.25) is 24.3 Å². The van der Waals surface area contributed by atoms with Gasteiger partial charge >= 0.3 is 11.8 Å². The lowest BCUT2D eigenvalue weighted by molar-refractivity contribution is -0.124. The molecule has 4 N–H and O–H groups in total. The number of ether oxygens (including phenoxy) is 2. The predicted molar refractivity (Wildman–Crippen MR) is 168 cm³/mol. The topological polar surface area (TPSA) is 170 Å². The third-order valence-electron chi connectivity index (χ3n) is 6.71. The highest BCUT2D eigenvalue weighted by Gasteiger charge is 2.35. The number of amides is 4. The van der Waals surface area contributed by atoms with Crippen LogP contribution in [-0.4, -0.2) is 51.2 Å². The molecule has 0 aliphatic carbocycles. The maximum absolute atomic E-state index is 14.1. The van der Waals surface area contributed by atoms with Crippen molar-refractivity contribution in [3.8, 4) is 0 Å². The molecule has 2 heterocycles. The summed E-state index contributed by atoms with van der Waals surface area (Å²) in [5, 5.41) is 10.6. The van der Waals surface area contributed by atoms with Crippen molar-refractivity contribution in [2.24, 2.45) is 0 Å². The molecule has 4 rings (SSSR count). The Labute approximate surface area is 264 Å². The highest BCUT2D eigenvalue weighted by molar-refractivity contribution is 6.06. The molecular weight excluding hydrogens is 599 g/mol. The smallest absolute Gasteiger partial charge is 0.412 e. The van der Waals surface area contributed by atoms with Crippen molar-refractivity contribution in [2.45, 2.75) is 77.6 Å². The number of alkyl halides is 1. The molecular formula is C32H37FN6O7. The van der Waals surface area contributed by atoms with Crippen LogP contribution in [0.15, 0.2) is 65.6 Å². The summed E-state index contributed by atoms with van der Waals surface area (Å²) in [6.45, 7) is 7.13. The zero-order valence-electron chi connectivity index (χ0n) is 26.0. The van der Waals surface area contributed by atoms with Crippen LogP contribution in [0.4, 0.5) is 26.4 Å². The number of aromatic nitrogens is 2. The van der Waals surface area contributed by atoms with Crippen LogP contribution in [-0.2, 0) is 25.6 Å². The maximum atomic E-state index is 14.1. The molecule has 244 valence electrons. The third kappa shape index (κ3) is 9.69. The Morgan fingerprint density at radius 1 is 0.957 bits per heavy atom. The lowest BCUT2D eigenvalue weighted by Crippen LogP contribution is -2.31. The number of rotatable bonds is 10. The number of carbonyl (C=O) groups excluding carboxylic acids is 4. The van der Waals surface area contributed by atoms with E-state index < -0.39 is 41.6 Å². The average Bonchev–Trinajstić information content (AvgIpc) is 3.32.